The van der Waals surface area contributed by atoms with Crippen LogP contribution in [-0.4, -0.2) is 19.2 Å². The van der Waals surface area contributed by atoms with E-state index in [1.165, 1.54) is 7.11 Å². The van der Waals surface area contributed by atoms with Gasteiger partial charge in [-0.1, -0.05) is 11.6 Å². The summed E-state index contributed by atoms with van der Waals surface area (Å²) in [5, 5.41) is 12.3. The molecule has 0 aliphatic heterocycles. The largest absolute Gasteiger partial charge is 0.468 e. The fourth-order valence-electron chi connectivity index (χ4n) is 0.850. The van der Waals surface area contributed by atoms with E-state index in [-0.39, 0.29) is 6.02 Å². The van der Waals surface area contributed by atoms with E-state index in [1.54, 1.807) is 24.3 Å². The Morgan fingerprint density at radius 1 is 1.40 bits per heavy atom. The molecule has 0 aliphatic rings. The number of rotatable bonds is 1. The zero-order chi connectivity index (χ0) is 11.3. The van der Waals surface area contributed by atoms with Crippen LogP contribution in [0.4, 0.5) is 10.5 Å². The topological polar surface area (TPSA) is 74.2 Å². The summed E-state index contributed by atoms with van der Waals surface area (Å²) >= 11 is 5.67. The number of anilines is 1. The van der Waals surface area contributed by atoms with Crippen molar-refractivity contribution in [2.75, 3.05) is 12.4 Å². The zero-order valence-corrected chi connectivity index (χ0v) is 8.76. The smallest absolute Gasteiger partial charge is 0.327 e. The molecule has 0 fully saturated rings. The second kappa shape index (κ2) is 5.21. The van der Waals surface area contributed by atoms with E-state index in [1.807, 2.05) is 0 Å². The molecule has 3 N–H and O–H groups in total. The van der Waals surface area contributed by atoms with Crippen LogP contribution in [0.25, 0.3) is 0 Å². The van der Waals surface area contributed by atoms with E-state index >= 15 is 0 Å². The van der Waals surface area contributed by atoms with E-state index in [2.05, 4.69) is 15.4 Å². The molecule has 1 rings (SSSR count). The Labute approximate surface area is 91.9 Å². The van der Waals surface area contributed by atoms with Gasteiger partial charge in [-0.15, -0.1) is 0 Å². The van der Waals surface area contributed by atoms with E-state index in [9.17, 15) is 4.79 Å². The van der Waals surface area contributed by atoms with Crippen LogP contribution in [0.2, 0.25) is 5.02 Å². The van der Waals surface area contributed by atoms with Crippen molar-refractivity contribution < 1.29 is 9.53 Å². The van der Waals surface area contributed by atoms with Gasteiger partial charge in [0.1, 0.15) is 0 Å². The van der Waals surface area contributed by atoms with Gasteiger partial charge in [0.15, 0.2) is 0 Å². The van der Waals surface area contributed by atoms with Crippen molar-refractivity contribution in [1.29, 1.82) is 5.41 Å². The lowest BCUT2D eigenvalue weighted by atomic mass is 10.3. The van der Waals surface area contributed by atoms with Crippen LogP contribution in [0.3, 0.4) is 0 Å². The maximum absolute atomic E-state index is 11.2. The van der Waals surface area contributed by atoms with E-state index in [4.69, 9.17) is 17.0 Å². The predicted molar refractivity (Wildman–Crippen MR) is 58.3 cm³/mol. The minimum Gasteiger partial charge on any atom is -0.468 e. The van der Waals surface area contributed by atoms with Gasteiger partial charge < -0.3 is 10.1 Å². The Kier molecular flexibility index (Phi) is 3.93. The fraction of sp³-hybridized carbons (Fsp3) is 0.111. The van der Waals surface area contributed by atoms with Gasteiger partial charge in [-0.2, -0.15) is 0 Å². The quantitative estimate of drug-likeness (QED) is 0.507. The molecule has 0 spiro atoms. The second-order valence-electron chi connectivity index (χ2n) is 2.62. The van der Waals surface area contributed by atoms with Gasteiger partial charge in [0, 0.05) is 10.7 Å². The summed E-state index contributed by atoms with van der Waals surface area (Å²) in [5.74, 6) is 0. The molecular weight excluding hydrogens is 218 g/mol. The lowest BCUT2D eigenvalue weighted by Crippen LogP contribution is -2.34. The van der Waals surface area contributed by atoms with Crippen molar-refractivity contribution >= 4 is 29.3 Å². The third-order valence-corrected chi connectivity index (χ3v) is 1.79. The molecule has 0 unspecified atom stereocenters. The molecule has 15 heavy (non-hydrogen) atoms. The molecule has 0 aliphatic carbocycles. The van der Waals surface area contributed by atoms with Crippen LogP contribution in [-0.2, 0) is 4.74 Å². The molecule has 0 atom stereocenters. The summed E-state index contributed by atoms with van der Waals surface area (Å²) in [4.78, 5) is 11.2. The van der Waals surface area contributed by atoms with Crippen LogP contribution in [0.1, 0.15) is 0 Å². The number of carbonyl (C=O) groups is 1. The molecule has 0 saturated carbocycles. The summed E-state index contributed by atoms with van der Waals surface area (Å²) in [5.41, 5.74) is 0.584. The van der Waals surface area contributed by atoms with Gasteiger partial charge in [-0.3, -0.25) is 10.7 Å². The first kappa shape index (κ1) is 11.3. The minimum absolute atomic E-state index is 0.318. The number of halogens is 1. The van der Waals surface area contributed by atoms with Crippen molar-refractivity contribution in [3.8, 4) is 0 Å². The second-order valence-corrected chi connectivity index (χ2v) is 3.06. The third-order valence-electron chi connectivity index (χ3n) is 1.53. The first-order valence-corrected chi connectivity index (χ1v) is 4.45. The van der Waals surface area contributed by atoms with Gasteiger partial charge in [0.2, 0.25) is 0 Å². The summed E-state index contributed by atoms with van der Waals surface area (Å²) in [7, 11) is 1.30. The van der Waals surface area contributed by atoms with E-state index < -0.39 is 6.03 Å². The van der Waals surface area contributed by atoms with Gasteiger partial charge in [-0.25, -0.2) is 4.79 Å². The molecule has 0 heterocycles. The maximum Gasteiger partial charge on any atom is 0.327 e. The number of benzene rings is 1. The molecule has 5 nitrogen and oxygen atoms in total. The first-order valence-electron chi connectivity index (χ1n) is 4.08. The minimum atomic E-state index is -0.538. The number of hydrogen-bond donors (Lipinski definition) is 3. The summed E-state index contributed by atoms with van der Waals surface area (Å²) in [6.45, 7) is 0. The normalized spacial score (nSPS) is 9.20. The molecule has 0 bridgehead atoms. The Morgan fingerprint density at radius 2 is 2.00 bits per heavy atom. The SMILES string of the molecule is COC(=N)NC(=O)Nc1ccc(Cl)cc1. The molecule has 6 heteroatoms. The number of hydrogen-bond acceptors (Lipinski definition) is 3. The monoisotopic (exact) mass is 227 g/mol. The zero-order valence-electron chi connectivity index (χ0n) is 8.00. The van der Waals surface area contributed by atoms with Gasteiger partial charge in [-0.05, 0) is 24.3 Å². The predicted octanol–water partition coefficient (Wildman–Crippen LogP) is 2.04. The van der Waals surface area contributed by atoms with Gasteiger partial charge in [0.05, 0.1) is 7.11 Å². The molecule has 0 aromatic heterocycles. The Bertz CT molecular complexity index is 364. The Hall–Kier alpha value is -1.75. The van der Waals surface area contributed by atoms with Gasteiger partial charge in [0.25, 0.3) is 6.02 Å². The number of amidine groups is 1. The van der Waals surface area contributed by atoms with Crippen LogP contribution >= 0.6 is 11.6 Å². The van der Waals surface area contributed by atoms with Crippen molar-refractivity contribution in [2.45, 2.75) is 0 Å². The highest BCUT2D eigenvalue weighted by molar-refractivity contribution is 6.30. The highest BCUT2D eigenvalue weighted by Crippen LogP contribution is 2.12. The van der Waals surface area contributed by atoms with Crippen LogP contribution in [0.15, 0.2) is 24.3 Å². The number of urea groups is 1. The standard InChI is InChI=1S/C9H10ClN3O2/c1-15-8(11)13-9(14)12-7-4-2-6(10)3-5-7/h2-5H,1H3,(H3,11,12,13,14). The maximum atomic E-state index is 11.2. The average Bonchev–Trinajstić information content (AvgIpc) is 2.21. The summed E-state index contributed by atoms with van der Waals surface area (Å²) < 4.78 is 4.47. The summed E-state index contributed by atoms with van der Waals surface area (Å²) in [6.07, 6.45) is 0. The van der Waals surface area contributed by atoms with Gasteiger partial charge >= 0.3 is 6.03 Å². The average molecular weight is 228 g/mol. The molecule has 0 saturated heterocycles. The van der Waals surface area contributed by atoms with E-state index in [0.29, 0.717) is 10.7 Å². The Balaban J connectivity index is 2.51. The van der Waals surface area contributed by atoms with E-state index in [0.717, 1.165) is 0 Å². The van der Waals surface area contributed by atoms with Crippen molar-refractivity contribution in [3.63, 3.8) is 0 Å². The number of amides is 2. The molecule has 2 amide bonds. The summed E-state index contributed by atoms with van der Waals surface area (Å²) in [6, 6.07) is 5.75. The number of carbonyl (C=O) groups excluding carboxylic acids is 1. The number of ether oxygens (including phenoxy) is 1. The third kappa shape index (κ3) is 3.86. The molecule has 0 radical (unpaired) electrons. The van der Waals surface area contributed by atoms with Crippen molar-refractivity contribution in [2.24, 2.45) is 0 Å². The lowest BCUT2D eigenvalue weighted by molar-refractivity contribution is 0.253. The Morgan fingerprint density at radius 3 is 2.53 bits per heavy atom. The van der Waals surface area contributed by atoms with Crippen LogP contribution in [0.5, 0.6) is 0 Å². The van der Waals surface area contributed by atoms with Crippen LogP contribution in [0, 0.1) is 5.41 Å². The van der Waals surface area contributed by atoms with Crippen LogP contribution < -0.4 is 10.6 Å². The number of nitrogens with one attached hydrogen (secondary N) is 3. The number of methoxy groups -OCH3 is 1. The highest BCUT2D eigenvalue weighted by atomic mass is 35.5. The lowest BCUT2D eigenvalue weighted by Gasteiger charge is -2.06. The fourth-order valence-corrected chi connectivity index (χ4v) is 0.976. The molecule has 1 aromatic rings. The highest BCUT2D eigenvalue weighted by Gasteiger charge is 2.03. The molecule has 80 valence electrons. The molecular formula is C9H10ClN3O2. The van der Waals surface area contributed by atoms with Crippen molar-refractivity contribution in [1.82, 2.24) is 5.32 Å². The first-order chi connectivity index (χ1) is 7.11. The molecule has 1 aromatic carbocycles. The van der Waals surface area contributed by atoms with Crippen molar-refractivity contribution in [3.05, 3.63) is 29.3 Å².